The predicted octanol–water partition coefficient (Wildman–Crippen LogP) is 7.03. The van der Waals surface area contributed by atoms with Crippen molar-refractivity contribution in [1.29, 1.82) is 0 Å². The minimum absolute atomic E-state index is 0.0605. The number of aliphatic carboxylic acids is 1. The number of methoxy groups -OCH3 is 1. The van der Waals surface area contributed by atoms with Crippen LogP contribution in [0.5, 0.6) is 5.88 Å². The Bertz CT molecular complexity index is 2140. The van der Waals surface area contributed by atoms with Gasteiger partial charge in [0, 0.05) is 48.9 Å². The van der Waals surface area contributed by atoms with Crippen LogP contribution >= 0.6 is 23.2 Å². The number of aromatic nitrogens is 3. The maximum Gasteiger partial charge on any atom is 0.307 e. The van der Waals surface area contributed by atoms with Crippen LogP contribution < -0.4 is 4.74 Å². The zero-order valence-corrected chi connectivity index (χ0v) is 28.7. The summed E-state index contributed by atoms with van der Waals surface area (Å²) >= 11 is 14.1. The second-order valence-corrected chi connectivity index (χ2v) is 14.0. The second kappa shape index (κ2) is 13.2. The zero-order valence-electron chi connectivity index (χ0n) is 27.2. The standard InChI is InChI=1S/C37H34Cl2FN5O5/c1-49-36-29(18-44-12-11-20(46)17-44)41-15-28(43-36)24-6-2-4-21(31(24)38)22-5-3-7-25(32(22)39)35-42-27-14-26-23(33(40)34(27)50-35)8-9-30(26)45-13-10-19(16-45)37(47)48/h2-7,14-15,19-20,30,46H,8-13,16-18H2,1H3,(H,47,48)/t19-,20-,30-/m1/s1. The van der Waals surface area contributed by atoms with E-state index >= 15 is 4.39 Å². The van der Waals surface area contributed by atoms with E-state index in [9.17, 15) is 15.0 Å². The molecular formula is C37H34Cl2FN5O5. The maximum absolute atomic E-state index is 15.9. The molecule has 0 saturated carbocycles. The zero-order chi connectivity index (χ0) is 34.7. The first-order valence-corrected chi connectivity index (χ1v) is 17.4. The molecule has 0 unspecified atom stereocenters. The van der Waals surface area contributed by atoms with Gasteiger partial charge in [0.15, 0.2) is 11.4 Å². The van der Waals surface area contributed by atoms with Crippen molar-refractivity contribution >= 4 is 40.3 Å². The summed E-state index contributed by atoms with van der Waals surface area (Å²) in [6, 6.07) is 12.8. The third kappa shape index (κ3) is 5.80. The third-order valence-electron chi connectivity index (χ3n) is 10.2. The molecule has 2 fully saturated rings. The highest BCUT2D eigenvalue weighted by Gasteiger charge is 2.38. The van der Waals surface area contributed by atoms with Crippen molar-refractivity contribution in [2.75, 3.05) is 33.3 Å². The summed E-state index contributed by atoms with van der Waals surface area (Å²) in [4.78, 5) is 29.9. The molecule has 3 aromatic carbocycles. The molecule has 0 bridgehead atoms. The Morgan fingerprint density at radius 2 is 1.76 bits per heavy atom. The molecule has 3 atom stereocenters. The van der Waals surface area contributed by atoms with Crippen LogP contribution in [-0.4, -0.2) is 80.3 Å². The van der Waals surface area contributed by atoms with E-state index in [1.54, 1.807) is 19.4 Å². The number of aliphatic hydroxyl groups excluding tert-OH is 1. The Kier molecular flexibility index (Phi) is 8.73. The van der Waals surface area contributed by atoms with Gasteiger partial charge in [-0.05, 0) is 55.5 Å². The molecule has 2 aromatic heterocycles. The molecule has 0 radical (unpaired) electrons. The van der Waals surface area contributed by atoms with Crippen LogP contribution in [0, 0.1) is 11.7 Å². The molecule has 8 rings (SSSR count). The van der Waals surface area contributed by atoms with Crippen LogP contribution in [-0.2, 0) is 17.8 Å². The number of hydrogen-bond donors (Lipinski definition) is 2. The molecule has 258 valence electrons. The lowest BCUT2D eigenvalue weighted by atomic mass is 9.99. The quantitative estimate of drug-likeness (QED) is 0.173. The summed E-state index contributed by atoms with van der Waals surface area (Å²) in [7, 11) is 1.55. The Hall–Kier alpha value is -4.13. The van der Waals surface area contributed by atoms with E-state index < -0.39 is 17.7 Å². The molecule has 13 heteroatoms. The van der Waals surface area contributed by atoms with Crippen LogP contribution in [0.25, 0.3) is 44.9 Å². The smallest absolute Gasteiger partial charge is 0.307 e. The molecule has 5 aromatic rings. The SMILES string of the molecule is COc1nc(-c2cccc(-c3cccc(-c4nc5cc6c(c(F)c5o4)CC[C@H]6N4CC[C@@H](C(=O)O)C4)c3Cl)c2Cl)cnc1CN1CC[C@@H](O)C1. The highest BCUT2D eigenvalue weighted by molar-refractivity contribution is 6.39. The molecule has 0 amide bonds. The molecule has 2 aliphatic heterocycles. The number of oxazole rings is 1. The van der Waals surface area contributed by atoms with Gasteiger partial charge in [0.1, 0.15) is 11.2 Å². The normalized spacial score (nSPS) is 20.9. The van der Waals surface area contributed by atoms with Gasteiger partial charge in [0.25, 0.3) is 0 Å². The van der Waals surface area contributed by atoms with Gasteiger partial charge < -0.3 is 19.4 Å². The maximum atomic E-state index is 15.9. The van der Waals surface area contributed by atoms with E-state index in [-0.39, 0.29) is 23.6 Å². The highest BCUT2D eigenvalue weighted by Crippen LogP contribution is 2.45. The average molecular weight is 719 g/mol. The van der Waals surface area contributed by atoms with Crippen LogP contribution in [0.1, 0.15) is 42.1 Å². The summed E-state index contributed by atoms with van der Waals surface area (Å²) in [6.45, 7) is 2.98. The van der Waals surface area contributed by atoms with Gasteiger partial charge in [-0.3, -0.25) is 19.6 Å². The van der Waals surface area contributed by atoms with Crippen molar-refractivity contribution in [2.45, 2.75) is 44.4 Å². The fourth-order valence-corrected chi connectivity index (χ4v) is 8.28. The van der Waals surface area contributed by atoms with Crippen LogP contribution in [0.15, 0.2) is 53.1 Å². The highest BCUT2D eigenvalue weighted by atomic mass is 35.5. The number of likely N-dealkylation sites (tertiary alicyclic amines) is 2. The second-order valence-electron chi connectivity index (χ2n) is 13.2. The fraction of sp³-hybridized carbons (Fsp3) is 0.351. The lowest BCUT2D eigenvalue weighted by molar-refractivity contribution is -0.141. The van der Waals surface area contributed by atoms with Crippen LogP contribution in [0.3, 0.4) is 0 Å². The van der Waals surface area contributed by atoms with E-state index in [1.165, 1.54) is 0 Å². The summed E-state index contributed by atoms with van der Waals surface area (Å²) in [6.07, 6.45) is 3.89. The van der Waals surface area contributed by atoms with Crippen molar-refractivity contribution < 1.29 is 28.6 Å². The molecule has 1 aliphatic carbocycles. The minimum atomic E-state index is -0.792. The van der Waals surface area contributed by atoms with Crippen molar-refractivity contribution in [1.82, 2.24) is 24.8 Å². The van der Waals surface area contributed by atoms with Gasteiger partial charge in [0.2, 0.25) is 11.8 Å². The van der Waals surface area contributed by atoms with E-state index in [0.29, 0.717) is 99.7 Å². The van der Waals surface area contributed by atoms with Gasteiger partial charge in [-0.25, -0.2) is 14.4 Å². The molecule has 4 heterocycles. The van der Waals surface area contributed by atoms with Gasteiger partial charge >= 0.3 is 5.97 Å². The molecule has 0 spiro atoms. The number of carbonyl (C=O) groups is 1. The monoisotopic (exact) mass is 717 g/mol. The van der Waals surface area contributed by atoms with E-state index in [1.807, 2.05) is 36.4 Å². The van der Waals surface area contributed by atoms with Gasteiger partial charge in [-0.15, -0.1) is 0 Å². The third-order valence-corrected chi connectivity index (χ3v) is 11.0. The number of fused-ring (bicyclic) bond motifs is 2. The topological polar surface area (TPSA) is 125 Å². The van der Waals surface area contributed by atoms with E-state index in [4.69, 9.17) is 42.3 Å². The van der Waals surface area contributed by atoms with Crippen LogP contribution in [0.4, 0.5) is 4.39 Å². The molecule has 10 nitrogen and oxygen atoms in total. The van der Waals surface area contributed by atoms with Gasteiger partial charge in [0.05, 0.1) is 46.6 Å². The van der Waals surface area contributed by atoms with E-state index in [0.717, 1.165) is 24.9 Å². The number of halogens is 3. The molecule has 3 aliphatic rings. The Morgan fingerprint density at radius 3 is 2.46 bits per heavy atom. The fourth-order valence-electron chi connectivity index (χ4n) is 7.65. The van der Waals surface area contributed by atoms with Crippen molar-refractivity contribution in [3.63, 3.8) is 0 Å². The van der Waals surface area contributed by atoms with Crippen molar-refractivity contribution in [3.8, 4) is 39.7 Å². The Balaban J connectivity index is 1.11. The molecular weight excluding hydrogens is 684 g/mol. The summed E-state index contributed by atoms with van der Waals surface area (Å²) in [5.74, 6) is -1.07. The average Bonchev–Trinajstić information content (AvgIpc) is 3.92. The molecule has 50 heavy (non-hydrogen) atoms. The number of carboxylic acid groups (broad SMARTS) is 1. The molecule has 2 N–H and O–H groups in total. The first-order chi connectivity index (χ1) is 24.2. The number of β-amino-alcohol motifs (C(OH)–C–C–N with tert-alkyl or cyclic N) is 1. The summed E-state index contributed by atoms with van der Waals surface area (Å²) < 4.78 is 27.6. The summed E-state index contributed by atoms with van der Waals surface area (Å²) in [5, 5.41) is 20.2. The lowest BCUT2D eigenvalue weighted by Gasteiger charge is -2.24. The number of nitrogens with zero attached hydrogens (tertiary/aromatic N) is 5. The van der Waals surface area contributed by atoms with Crippen molar-refractivity contribution in [3.05, 3.63) is 81.3 Å². The molecule has 2 saturated heterocycles. The van der Waals surface area contributed by atoms with Gasteiger partial charge in [-0.1, -0.05) is 53.5 Å². The predicted molar refractivity (Wildman–Crippen MR) is 187 cm³/mol. The van der Waals surface area contributed by atoms with Crippen molar-refractivity contribution in [2.24, 2.45) is 5.92 Å². The van der Waals surface area contributed by atoms with E-state index in [2.05, 4.69) is 14.8 Å². The number of benzene rings is 3. The Labute approximate surface area is 297 Å². The lowest BCUT2D eigenvalue weighted by Crippen LogP contribution is -2.26. The summed E-state index contributed by atoms with van der Waals surface area (Å²) in [5.41, 5.74) is 5.50. The van der Waals surface area contributed by atoms with Crippen LogP contribution in [0.2, 0.25) is 10.0 Å². The largest absolute Gasteiger partial charge is 0.481 e. The number of aliphatic hydroxyl groups is 1. The number of hydrogen-bond acceptors (Lipinski definition) is 9. The first kappa shape index (κ1) is 33.0. The number of rotatable bonds is 8. The number of ether oxygens (including phenoxy) is 1. The van der Waals surface area contributed by atoms with Gasteiger partial charge in [-0.2, -0.15) is 0 Å². The first-order valence-electron chi connectivity index (χ1n) is 16.7. The number of carboxylic acids is 1. The Morgan fingerprint density at radius 1 is 1.02 bits per heavy atom. The minimum Gasteiger partial charge on any atom is -0.481 e.